The summed E-state index contributed by atoms with van der Waals surface area (Å²) in [5, 5.41) is 17.3. The van der Waals surface area contributed by atoms with Crippen LogP contribution in [0, 0.1) is 0 Å². The number of fused-ring (bicyclic) bond motifs is 1. The molecule has 5 heteroatoms. The molecule has 1 aromatic heterocycles. The third-order valence-electron chi connectivity index (χ3n) is 4.08. The van der Waals surface area contributed by atoms with Gasteiger partial charge in [0.05, 0.1) is 0 Å². The Morgan fingerprint density at radius 1 is 1.18 bits per heavy atom. The highest BCUT2D eigenvalue weighted by Crippen LogP contribution is 2.44. The standard InChI is InChI=1S/C17H15N3OS/c18-16-17(21,12-4-2-1-3-5-12)13-10-11(6-7-14(13)20-16)15-19-8-9-22-15/h1-10,16,20-21H,18H2. The summed E-state index contributed by atoms with van der Waals surface area (Å²) in [7, 11) is 0. The van der Waals surface area contributed by atoms with Crippen LogP contribution >= 0.6 is 11.3 Å². The second-order valence-corrected chi connectivity index (χ2v) is 6.25. The summed E-state index contributed by atoms with van der Waals surface area (Å²) in [4.78, 5) is 4.34. The number of aliphatic hydroxyl groups is 1. The van der Waals surface area contributed by atoms with Crippen LogP contribution in [-0.4, -0.2) is 16.3 Å². The monoisotopic (exact) mass is 309 g/mol. The average Bonchev–Trinajstić information content (AvgIpc) is 3.17. The molecule has 0 bridgehead atoms. The number of rotatable bonds is 2. The second kappa shape index (κ2) is 4.91. The fourth-order valence-corrected chi connectivity index (χ4v) is 3.59. The van der Waals surface area contributed by atoms with Crippen molar-refractivity contribution in [1.29, 1.82) is 0 Å². The van der Waals surface area contributed by atoms with Crippen LogP contribution in [0.15, 0.2) is 60.1 Å². The summed E-state index contributed by atoms with van der Waals surface area (Å²) in [6.45, 7) is 0. The average molecular weight is 309 g/mol. The second-order valence-electron chi connectivity index (χ2n) is 5.35. The van der Waals surface area contributed by atoms with E-state index in [1.165, 1.54) is 0 Å². The molecule has 4 rings (SSSR count). The molecule has 4 nitrogen and oxygen atoms in total. The van der Waals surface area contributed by atoms with Crippen molar-refractivity contribution >= 4 is 17.0 Å². The molecule has 0 amide bonds. The van der Waals surface area contributed by atoms with Gasteiger partial charge in [-0.1, -0.05) is 30.3 Å². The molecule has 3 aromatic rings. The number of anilines is 1. The number of thiazole rings is 1. The number of nitrogens with two attached hydrogens (primary N) is 1. The Balaban J connectivity index is 1.89. The van der Waals surface area contributed by atoms with E-state index in [2.05, 4.69) is 10.3 Å². The lowest BCUT2D eigenvalue weighted by Crippen LogP contribution is -2.46. The van der Waals surface area contributed by atoms with Gasteiger partial charge in [-0.3, -0.25) is 0 Å². The normalized spacial score (nSPS) is 23.1. The van der Waals surface area contributed by atoms with Crippen molar-refractivity contribution in [3.63, 3.8) is 0 Å². The van der Waals surface area contributed by atoms with Gasteiger partial charge in [-0.25, -0.2) is 4.98 Å². The van der Waals surface area contributed by atoms with Gasteiger partial charge in [0.15, 0.2) is 0 Å². The van der Waals surface area contributed by atoms with Gasteiger partial charge < -0.3 is 16.2 Å². The predicted octanol–water partition coefficient (Wildman–Crippen LogP) is 2.76. The largest absolute Gasteiger partial charge is 0.377 e. The van der Waals surface area contributed by atoms with Gasteiger partial charge in [0.1, 0.15) is 16.8 Å². The molecule has 0 aliphatic carbocycles. The number of hydrogen-bond acceptors (Lipinski definition) is 5. The number of benzene rings is 2. The van der Waals surface area contributed by atoms with E-state index in [0.717, 1.165) is 27.4 Å². The minimum atomic E-state index is -1.25. The Kier molecular flexibility index (Phi) is 3.00. The minimum absolute atomic E-state index is 0.587. The summed E-state index contributed by atoms with van der Waals surface area (Å²) in [6, 6.07) is 15.4. The summed E-state index contributed by atoms with van der Waals surface area (Å²) in [5.41, 5.74) is 8.36. The molecular formula is C17H15N3OS. The molecule has 4 N–H and O–H groups in total. The van der Waals surface area contributed by atoms with Gasteiger partial charge in [-0.15, -0.1) is 11.3 Å². The smallest absolute Gasteiger partial charge is 0.150 e. The molecule has 0 spiro atoms. The molecule has 2 heterocycles. The molecule has 22 heavy (non-hydrogen) atoms. The molecule has 0 radical (unpaired) electrons. The Hall–Kier alpha value is -2.21. The van der Waals surface area contributed by atoms with Crippen LogP contribution in [0.5, 0.6) is 0 Å². The molecule has 0 saturated carbocycles. The topological polar surface area (TPSA) is 71.2 Å². The minimum Gasteiger partial charge on any atom is -0.377 e. The van der Waals surface area contributed by atoms with Gasteiger partial charge in [0.2, 0.25) is 0 Å². The molecule has 2 aromatic carbocycles. The van der Waals surface area contributed by atoms with Crippen molar-refractivity contribution in [3.8, 4) is 10.6 Å². The van der Waals surface area contributed by atoms with Crippen molar-refractivity contribution in [2.45, 2.75) is 11.8 Å². The number of aromatic nitrogens is 1. The molecule has 110 valence electrons. The maximum absolute atomic E-state index is 11.3. The Bertz CT molecular complexity index is 804. The molecule has 0 saturated heterocycles. The van der Waals surface area contributed by atoms with Crippen LogP contribution in [0.2, 0.25) is 0 Å². The van der Waals surface area contributed by atoms with E-state index in [1.807, 2.05) is 53.9 Å². The van der Waals surface area contributed by atoms with Crippen molar-refractivity contribution < 1.29 is 5.11 Å². The zero-order valence-corrected chi connectivity index (χ0v) is 12.5. The number of nitrogens with one attached hydrogen (secondary N) is 1. The summed E-state index contributed by atoms with van der Waals surface area (Å²) in [5.74, 6) is 0. The highest BCUT2D eigenvalue weighted by Gasteiger charge is 2.45. The highest BCUT2D eigenvalue weighted by molar-refractivity contribution is 7.13. The van der Waals surface area contributed by atoms with Gasteiger partial charge in [-0.05, 0) is 23.8 Å². The number of nitrogens with zero attached hydrogens (tertiary/aromatic N) is 1. The van der Waals surface area contributed by atoms with Gasteiger partial charge in [0, 0.05) is 28.4 Å². The van der Waals surface area contributed by atoms with E-state index >= 15 is 0 Å². The van der Waals surface area contributed by atoms with E-state index in [4.69, 9.17) is 5.73 Å². The number of hydrogen-bond donors (Lipinski definition) is 3. The first-order valence-corrected chi connectivity index (χ1v) is 7.92. The lowest BCUT2D eigenvalue weighted by Gasteiger charge is -2.28. The summed E-state index contributed by atoms with van der Waals surface area (Å²) in [6.07, 6.45) is 1.19. The van der Waals surface area contributed by atoms with Crippen LogP contribution in [0.25, 0.3) is 10.6 Å². The Labute approximate surface area is 132 Å². The fourth-order valence-electron chi connectivity index (χ4n) is 2.95. The van der Waals surface area contributed by atoms with Gasteiger partial charge in [0.25, 0.3) is 0 Å². The molecular weight excluding hydrogens is 294 g/mol. The Morgan fingerprint density at radius 2 is 2.00 bits per heavy atom. The zero-order chi connectivity index (χ0) is 15.2. The van der Waals surface area contributed by atoms with E-state index in [9.17, 15) is 5.11 Å². The highest BCUT2D eigenvalue weighted by atomic mass is 32.1. The first kappa shape index (κ1) is 13.5. The SMILES string of the molecule is NC1Nc2ccc(-c3nccs3)cc2C1(O)c1ccccc1. The van der Waals surface area contributed by atoms with Crippen molar-refractivity contribution in [3.05, 3.63) is 71.2 Å². The van der Waals surface area contributed by atoms with E-state index in [1.54, 1.807) is 17.5 Å². The van der Waals surface area contributed by atoms with E-state index in [-0.39, 0.29) is 0 Å². The zero-order valence-electron chi connectivity index (χ0n) is 11.7. The lowest BCUT2D eigenvalue weighted by molar-refractivity contribution is 0.0702. The van der Waals surface area contributed by atoms with E-state index < -0.39 is 11.8 Å². The van der Waals surface area contributed by atoms with Crippen molar-refractivity contribution in [2.75, 3.05) is 5.32 Å². The lowest BCUT2D eigenvalue weighted by atomic mass is 9.85. The summed E-state index contributed by atoms with van der Waals surface area (Å²) < 4.78 is 0. The van der Waals surface area contributed by atoms with Crippen LogP contribution in [0.3, 0.4) is 0 Å². The van der Waals surface area contributed by atoms with Crippen LogP contribution in [-0.2, 0) is 5.60 Å². The van der Waals surface area contributed by atoms with E-state index in [0.29, 0.717) is 0 Å². The van der Waals surface area contributed by atoms with Gasteiger partial charge >= 0.3 is 0 Å². The molecule has 2 atom stereocenters. The van der Waals surface area contributed by atoms with Crippen LogP contribution < -0.4 is 11.1 Å². The quantitative estimate of drug-likeness (QED) is 0.681. The Morgan fingerprint density at radius 3 is 2.73 bits per heavy atom. The van der Waals surface area contributed by atoms with Crippen molar-refractivity contribution in [1.82, 2.24) is 4.98 Å². The first-order chi connectivity index (χ1) is 10.7. The summed E-state index contributed by atoms with van der Waals surface area (Å²) >= 11 is 1.57. The maximum atomic E-state index is 11.3. The first-order valence-electron chi connectivity index (χ1n) is 7.04. The van der Waals surface area contributed by atoms with Crippen LogP contribution in [0.4, 0.5) is 5.69 Å². The maximum Gasteiger partial charge on any atom is 0.150 e. The fraction of sp³-hybridized carbons (Fsp3) is 0.118. The molecule has 0 fully saturated rings. The third kappa shape index (κ3) is 1.87. The molecule has 2 unspecified atom stereocenters. The molecule has 1 aliphatic heterocycles. The van der Waals surface area contributed by atoms with Crippen molar-refractivity contribution in [2.24, 2.45) is 5.73 Å². The predicted molar refractivity (Wildman–Crippen MR) is 88.6 cm³/mol. The van der Waals surface area contributed by atoms with Crippen LogP contribution in [0.1, 0.15) is 11.1 Å². The van der Waals surface area contributed by atoms with Gasteiger partial charge in [-0.2, -0.15) is 0 Å². The molecule has 1 aliphatic rings. The third-order valence-corrected chi connectivity index (χ3v) is 4.91.